The van der Waals surface area contributed by atoms with Crippen molar-refractivity contribution in [2.75, 3.05) is 21.3 Å². The van der Waals surface area contributed by atoms with Crippen LogP contribution in [0.5, 0.6) is 17.2 Å². The Hall–Kier alpha value is -0.900. The minimum absolute atomic E-state index is 0.272. The van der Waals surface area contributed by atoms with Gasteiger partial charge in [0.2, 0.25) is 5.75 Å². The Morgan fingerprint density at radius 2 is 1.68 bits per heavy atom. The van der Waals surface area contributed by atoms with Crippen molar-refractivity contribution < 1.29 is 14.2 Å². The fraction of sp³-hybridized carbons (Fsp3) is 0.600. The minimum atomic E-state index is 0.272. The molecule has 0 aliphatic rings. The standard InChI is InChI=1S/C15H23BrO3/c1-5-6-7-8-12(16)11-9-10-13(17-2)15(19-4)14(11)18-3/h9-10,12H,5-8H2,1-4H3. The van der Waals surface area contributed by atoms with Gasteiger partial charge in [-0.25, -0.2) is 0 Å². The van der Waals surface area contributed by atoms with E-state index in [9.17, 15) is 0 Å². The van der Waals surface area contributed by atoms with Gasteiger partial charge < -0.3 is 14.2 Å². The number of hydrogen-bond acceptors (Lipinski definition) is 3. The van der Waals surface area contributed by atoms with Crippen LogP contribution in [-0.2, 0) is 0 Å². The van der Waals surface area contributed by atoms with Crippen LogP contribution < -0.4 is 14.2 Å². The van der Waals surface area contributed by atoms with Crippen LogP contribution in [0.1, 0.15) is 43.0 Å². The number of benzene rings is 1. The molecule has 0 saturated carbocycles. The molecule has 1 atom stereocenters. The van der Waals surface area contributed by atoms with E-state index in [0.717, 1.165) is 17.7 Å². The molecule has 108 valence electrons. The second kappa shape index (κ2) is 8.31. The van der Waals surface area contributed by atoms with Crippen molar-refractivity contribution in [1.82, 2.24) is 0 Å². The fourth-order valence-electron chi connectivity index (χ4n) is 2.10. The molecular weight excluding hydrogens is 308 g/mol. The Labute approximate surface area is 124 Å². The molecule has 3 nitrogen and oxygen atoms in total. The Bertz CT molecular complexity index is 393. The largest absolute Gasteiger partial charge is 0.493 e. The van der Waals surface area contributed by atoms with Gasteiger partial charge in [0, 0.05) is 10.4 Å². The van der Waals surface area contributed by atoms with E-state index in [2.05, 4.69) is 22.9 Å². The van der Waals surface area contributed by atoms with Crippen LogP contribution in [0.25, 0.3) is 0 Å². The van der Waals surface area contributed by atoms with E-state index in [0.29, 0.717) is 11.5 Å². The van der Waals surface area contributed by atoms with Gasteiger partial charge in [0.1, 0.15) is 0 Å². The van der Waals surface area contributed by atoms with Gasteiger partial charge in [-0.1, -0.05) is 48.2 Å². The van der Waals surface area contributed by atoms with Crippen LogP contribution in [-0.4, -0.2) is 21.3 Å². The molecule has 0 fully saturated rings. The van der Waals surface area contributed by atoms with Crippen molar-refractivity contribution in [2.24, 2.45) is 0 Å². The van der Waals surface area contributed by atoms with Crippen LogP contribution >= 0.6 is 15.9 Å². The Morgan fingerprint density at radius 3 is 2.21 bits per heavy atom. The average molecular weight is 331 g/mol. The molecule has 1 rings (SSSR count). The minimum Gasteiger partial charge on any atom is -0.493 e. The van der Waals surface area contributed by atoms with E-state index in [-0.39, 0.29) is 4.83 Å². The highest BCUT2D eigenvalue weighted by Gasteiger charge is 2.20. The van der Waals surface area contributed by atoms with Crippen LogP contribution in [0.15, 0.2) is 12.1 Å². The summed E-state index contributed by atoms with van der Waals surface area (Å²) in [5.41, 5.74) is 1.11. The molecule has 0 saturated heterocycles. The predicted molar refractivity (Wildman–Crippen MR) is 81.9 cm³/mol. The first-order chi connectivity index (χ1) is 9.19. The molecule has 0 bridgehead atoms. The van der Waals surface area contributed by atoms with E-state index in [4.69, 9.17) is 14.2 Å². The summed E-state index contributed by atoms with van der Waals surface area (Å²) in [5, 5.41) is 0. The smallest absolute Gasteiger partial charge is 0.203 e. The zero-order valence-electron chi connectivity index (χ0n) is 12.2. The molecule has 0 spiro atoms. The molecule has 0 aromatic heterocycles. The lowest BCUT2D eigenvalue weighted by molar-refractivity contribution is 0.322. The number of rotatable bonds is 8. The van der Waals surface area contributed by atoms with Gasteiger partial charge in [-0.15, -0.1) is 0 Å². The third-order valence-electron chi connectivity index (χ3n) is 3.13. The second-order valence-electron chi connectivity index (χ2n) is 4.39. The SMILES string of the molecule is CCCCCC(Br)c1ccc(OC)c(OC)c1OC. The molecule has 0 amide bonds. The third kappa shape index (κ3) is 4.03. The average Bonchev–Trinajstić information content (AvgIpc) is 2.45. The normalized spacial score (nSPS) is 12.1. The highest BCUT2D eigenvalue weighted by Crippen LogP contribution is 2.45. The van der Waals surface area contributed by atoms with Crippen molar-refractivity contribution in [3.05, 3.63) is 17.7 Å². The molecule has 0 heterocycles. The van der Waals surface area contributed by atoms with Gasteiger partial charge in [0.15, 0.2) is 11.5 Å². The van der Waals surface area contributed by atoms with Crippen molar-refractivity contribution in [1.29, 1.82) is 0 Å². The summed E-state index contributed by atoms with van der Waals surface area (Å²) in [6, 6.07) is 3.95. The van der Waals surface area contributed by atoms with Gasteiger partial charge in [0.25, 0.3) is 0 Å². The van der Waals surface area contributed by atoms with E-state index in [1.807, 2.05) is 12.1 Å². The number of ether oxygens (including phenoxy) is 3. The maximum absolute atomic E-state index is 5.50. The summed E-state index contributed by atoms with van der Waals surface area (Å²) >= 11 is 3.74. The summed E-state index contributed by atoms with van der Waals surface area (Å²) in [5.74, 6) is 2.10. The number of hydrogen-bond donors (Lipinski definition) is 0. The Kier molecular flexibility index (Phi) is 7.06. The van der Waals surface area contributed by atoms with Crippen LogP contribution in [0, 0.1) is 0 Å². The third-order valence-corrected chi connectivity index (χ3v) is 4.08. The summed E-state index contributed by atoms with van der Waals surface area (Å²) in [6.45, 7) is 2.21. The first kappa shape index (κ1) is 16.2. The number of alkyl halides is 1. The van der Waals surface area contributed by atoms with Crippen LogP contribution in [0.3, 0.4) is 0 Å². The molecular formula is C15H23BrO3. The lowest BCUT2D eigenvalue weighted by Crippen LogP contribution is -2.00. The zero-order chi connectivity index (χ0) is 14.3. The highest BCUT2D eigenvalue weighted by atomic mass is 79.9. The number of halogens is 1. The van der Waals surface area contributed by atoms with Gasteiger partial charge in [-0.3, -0.25) is 0 Å². The molecule has 1 aromatic carbocycles. The van der Waals surface area contributed by atoms with Crippen LogP contribution in [0.2, 0.25) is 0 Å². The lowest BCUT2D eigenvalue weighted by Gasteiger charge is -2.18. The zero-order valence-corrected chi connectivity index (χ0v) is 13.7. The van der Waals surface area contributed by atoms with E-state index >= 15 is 0 Å². The summed E-state index contributed by atoms with van der Waals surface area (Å²) in [4.78, 5) is 0.272. The fourth-order valence-corrected chi connectivity index (χ4v) is 2.78. The van der Waals surface area contributed by atoms with Crippen molar-refractivity contribution in [2.45, 2.75) is 37.4 Å². The molecule has 19 heavy (non-hydrogen) atoms. The molecule has 1 unspecified atom stereocenters. The monoisotopic (exact) mass is 330 g/mol. The first-order valence-electron chi connectivity index (χ1n) is 6.62. The summed E-state index contributed by atoms with van der Waals surface area (Å²) < 4.78 is 16.2. The topological polar surface area (TPSA) is 27.7 Å². The lowest BCUT2D eigenvalue weighted by atomic mass is 10.0. The Balaban J connectivity index is 2.99. The van der Waals surface area contributed by atoms with E-state index in [1.54, 1.807) is 21.3 Å². The first-order valence-corrected chi connectivity index (χ1v) is 7.54. The van der Waals surface area contributed by atoms with Crippen molar-refractivity contribution >= 4 is 15.9 Å². The van der Waals surface area contributed by atoms with Gasteiger partial charge in [0.05, 0.1) is 21.3 Å². The summed E-state index contributed by atoms with van der Waals surface area (Å²) in [6.07, 6.45) is 4.75. The van der Waals surface area contributed by atoms with E-state index < -0.39 is 0 Å². The molecule has 1 aromatic rings. The Morgan fingerprint density at radius 1 is 1.00 bits per heavy atom. The second-order valence-corrected chi connectivity index (χ2v) is 5.49. The number of methoxy groups -OCH3 is 3. The molecule has 0 radical (unpaired) electrons. The van der Waals surface area contributed by atoms with Crippen molar-refractivity contribution in [3.63, 3.8) is 0 Å². The molecule has 0 aliphatic carbocycles. The van der Waals surface area contributed by atoms with Gasteiger partial charge in [-0.05, 0) is 12.5 Å². The predicted octanol–water partition coefficient (Wildman–Crippen LogP) is 4.73. The van der Waals surface area contributed by atoms with E-state index in [1.165, 1.54) is 19.3 Å². The van der Waals surface area contributed by atoms with Gasteiger partial charge in [-0.2, -0.15) is 0 Å². The maximum atomic E-state index is 5.50. The highest BCUT2D eigenvalue weighted by molar-refractivity contribution is 9.09. The number of unbranched alkanes of at least 4 members (excludes halogenated alkanes) is 2. The van der Waals surface area contributed by atoms with Crippen molar-refractivity contribution in [3.8, 4) is 17.2 Å². The van der Waals surface area contributed by atoms with Crippen LogP contribution in [0.4, 0.5) is 0 Å². The quantitative estimate of drug-likeness (QED) is 0.509. The maximum Gasteiger partial charge on any atom is 0.203 e. The molecule has 4 heteroatoms. The van der Waals surface area contributed by atoms with Gasteiger partial charge >= 0.3 is 0 Å². The summed E-state index contributed by atoms with van der Waals surface area (Å²) in [7, 11) is 4.92. The molecule has 0 N–H and O–H groups in total. The molecule has 0 aliphatic heterocycles.